The second kappa shape index (κ2) is 5.30. The van der Waals surface area contributed by atoms with Crippen LogP contribution in [0.15, 0.2) is 43.0 Å². The monoisotopic (exact) mass is 229 g/mol. The van der Waals surface area contributed by atoms with E-state index in [0.717, 1.165) is 12.0 Å². The molecule has 0 spiro atoms. The first-order chi connectivity index (χ1) is 8.29. The Morgan fingerprint density at radius 2 is 2.00 bits per heavy atom. The van der Waals surface area contributed by atoms with Gasteiger partial charge in [0.15, 0.2) is 0 Å². The van der Waals surface area contributed by atoms with E-state index < -0.39 is 0 Å². The maximum atomic E-state index is 11.6. The van der Waals surface area contributed by atoms with Crippen molar-refractivity contribution in [1.29, 1.82) is 0 Å². The van der Waals surface area contributed by atoms with Crippen LogP contribution >= 0.6 is 0 Å². The Morgan fingerprint density at radius 3 is 2.59 bits per heavy atom. The van der Waals surface area contributed by atoms with Crippen LogP contribution in [0.4, 0.5) is 4.79 Å². The molecule has 0 aliphatic carbocycles. The standard InChI is InChI=1S/C13H15N3O/c1-2-11-3-5-12(6-4-11)9-15-13(17)16-8-7-14-10-16/h3-8,10H,2,9H2,1H3,(H,15,17). The summed E-state index contributed by atoms with van der Waals surface area (Å²) in [6.45, 7) is 2.65. The van der Waals surface area contributed by atoms with E-state index >= 15 is 0 Å². The number of rotatable bonds is 3. The zero-order valence-corrected chi connectivity index (χ0v) is 9.76. The van der Waals surface area contributed by atoms with Gasteiger partial charge in [0, 0.05) is 18.9 Å². The molecule has 0 aliphatic heterocycles. The third-order valence-corrected chi connectivity index (χ3v) is 2.61. The molecular weight excluding hydrogens is 214 g/mol. The second-order valence-corrected chi connectivity index (χ2v) is 3.80. The Hall–Kier alpha value is -2.10. The lowest BCUT2D eigenvalue weighted by atomic mass is 10.1. The molecule has 4 nitrogen and oxygen atoms in total. The van der Waals surface area contributed by atoms with E-state index in [-0.39, 0.29) is 6.03 Å². The Bertz CT molecular complexity index is 474. The first-order valence-electron chi connectivity index (χ1n) is 5.63. The Labute approximate surface area is 100 Å². The van der Waals surface area contributed by atoms with Gasteiger partial charge in [0.1, 0.15) is 6.33 Å². The van der Waals surface area contributed by atoms with Crippen molar-refractivity contribution in [3.05, 3.63) is 54.1 Å². The van der Waals surface area contributed by atoms with Crippen molar-refractivity contribution in [3.63, 3.8) is 0 Å². The first-order valence-corrected chi connectivity index (χ1v) is 5.63. The minimum Gasteiger partial charge on any atom is -0.333 e. The quantitative estimate of drug-likeness (QED) is 0.877. The number of hydrogen-bond donors (Lipinski definition) is 1. The molecular formula is C13H15N3O. The van der Waals surface area contributed by atoms with Gasteiger partial charge >= 0.3 is 6.03 Å². The van der Waals surface area contributed by atoms with Crippen LogP contribution in [0.5, 0.6) is 0 Å². The van der Waals surface area contributed by atoms with E-state index in [2.05, 4.69) is 29.4 Å². The van der Waals surface area contributed by atoms with Gasteiger partial charge in [-0.2, -0.15) is 0 Å². The highest BCUT2D eigenvalue weighted by molar-refractivity contribution is 5.76. The molecule has 1 amide bonds. The number of carbonyl (C=O) groups excluding carboxylic acids is 1. The molecule has 1 heterocycles. The molecule has 1 N–H and O–H groups in total. The van der Waals surface area contributed by atoms with E-state index in [1.54, 1.807) is 12.4 Å². The van der Waals surface area contributed by atoms with Gasteiger partial charge in [-0.3, -0.25) is 4.57 Å². The number of nitrogens with one attached hydrogen (secondary N) is 1. The van der Waals surface area contributed by atoms with Gasteiger partial charge < -0.3 is 5.32 Å². The lowest BCUT2D eigenvalue weighted by molar-refractivity contribution is 0.242. The number of hydrogen-bond acceptors (Lipinski definition) is 2. The fourth-order valence-electron chi connectivity index (χ4n) is 1.54. The van der Waals surface area contributed by atoms with Crippen LogP contribution in [-0.2, 0) is 13.0 Å². The molecule has 0 fully saturated rings. The summed E-state index contributed by atoms with van der Waals surface area (Å²) in [6.07, 6.45) is 5.71. The molecule has 2 rings (SSSR count). The molecule has 2 aromatic rings. The summed E-state index contributed by atoms with van der Waals surface area (Å²) in [6, 6.07) is 8.07. The zero-order valence-electron chi connectivity index (χ0n) is 9.76. The zero-order chi connectivity index (χ0) is 12.1. The lowest BCUT2D eigenvalue weighted by Gasteiger charge is -2.06. The number of nitrogens with zero attached hydrogens (tertiary/aromatic N) is 2. The van der Waals surface area contributed by atoms with Crippen LogP contribution in [0.25, 0.3) is 0 Å². The summed E-state index contributed by atoms with van der Waals surface area (Å²) in [7, 11) is 0. The lowest BCUT2D eigenvalue weighted by Crippen LogP contribution is -2.26. The number of amides is 1. The van der Waals surface area contributed by atoms with E-state index in [1.165, 1.54) is 16.5 Å². The summed E-state index contributed by atoms with van der Waals surface area (Å²) in [5, 5.41) is 2.82. The largest absolute Gasteiger partial charge is 0.333 e. The van der Waals surface area contributed by atoms with Crippen LogP contribution in [0.3, 0.4) is 0 Å². The van der Waals surface area contributed by atoms with Crippen molar-refractivity contribution in [2.45, 2.75) is 19.9 Å². The third-order valence-electron chi connectivity index (χ3n) is 2.61. The summed E-state index contributed by atoms with van der Waals surface area (Å²) in [5.74, 6) is 0. The van der Waals surface area contributed by atoms with Gasteiger partial charge in [0.25, 0.3) is 0 Å². The van der Waals surface area contributed by atoms with Crippen molar-refractivity contribution in [1.82, 2.24) is 14.9 Å². The van der Waals surface area contributed by atoms with Crippen molar-refractivity contribution in [3.8, 4) is 0 Å². The van der Waals surface area contributed by atoms with E-state index in [0.29, 0.717) is 6.54 Å². The van der Waals surface area contributed by atoms with Crippen LogP contribution in [0.2, 0.25) is 0 Å². The average molecular weight is 229 g/mol. The van der Waals surface area contributed by atoms with Crippen molar-refractivity contribution < 1.29 is 4.79 Å². The molecule has 1 aromatic carbocycles. The number of imidazole rings is 1. The highest BCUT2D eigenvalue weighted by atomic mass is 16.2. The van der Waals surface area contributed by atoms with Crippen LogP contribution in [0, 0.1) is 0 Å². The molecule has 17 heavy (non-hydrogen) atoms. The van der Waals surface area contributed by atoms with Gasteiger partial charge in [0.2, 0.25) is 0 Å². The summed E-state index contributed by atoms with van der Waals surface area (Å²) in [4.78, 5) is 15.4. The highest BCUT2D eigenvalue weighted by Crippen LogP contribution is 2.04. The molecule has 0 saturated heterocycles. The molecule has 0 bridgehead atoms. The number of aryl methyl sites for hydroxylation is 1. The molecule has 4 heteroatoms. The molecule has 0 atom stereocenters. The Balaban J connectivity index is 1.91. The topological polar surface area (TPSA) is 46.9 Å². The maximum absolute atomic E-state index is 11.6. The number of carbonyl (C=O) groups is 1. The predicted molar refractivity (Wildman–Crippen MR) is 65.7 cm³/mol. The summed E-state index contributed by atoms with van der Waals surface area (Å²) >= 11 is 0. The highest BCUT2D eigenvalue weighted by Gasteiger charge is 2.02. The van der Waals surface area contributed by atoms with E-state index in [9.17, 15) is 4.79 Å². The van der Waals surface area contributed by atoms with E-state index in [4.69, 9.17) is 0 Å². The van der Waals surface area contributed by atoms with Crippen LogP contribution in [-0.4, -0.2) is 15.6 Å². The van der Waals surface area contributed by atoms with Gasteiger partial charge in [-0.05, 0) is 17.5 Å². The number of benzene rings is 1. The average Bonchev–Trinajstić information content (AvgIpc) is 2.90. The van der Waals surface area contributed by atoms with Gasteiger partial charge in [-0.15, -0.1) is 0 Å². The first kappa shape index (κ1) is 11.4. The van der Waals surface area contributed by atoms with Crippen LogP contribution in [0.1, 0.15) is 18.1 Å². The molecule has 0 unspecified atom stereocenters. The molecule has 0 saturated carbocycles. The van der Waals surface area contributed by atoms with Crippen LogP contribution < -0.4 is 5.32 Å². The molecule has 1 aromatic heterocycles. The SMILES string of the molecule is CCc1ccc(CNC(=O)n2ccnc2)cc1. The predicted octanol–water partition coefficient (Wildman–Crippen LogP) is 2.20. The Kier molecular flexibility index (Phi) is 3.55. The van der Waals surface area contributed by atoms with Gasteiger partial charge in [-0.1, -0.05) is 31.2 Å². The fraction of sp³-hybridized carbons (Fsp3) is 0.231. The van der Waals surface area contributed by atoms with Crippen molar-refractivity contribution in [2.24, 2.45) is 0 Å². The maximum Gasteiger partial charge on any atom is 0.327 e. The van der Waals surface area contributed by atoms with E-state index in [1.807, 2.05) is 12.1 Å². The summed E-state index contributed by atoms with van der Waals surface area (Å²) < 4.78 is 1.42. The minimum atomic E-state index is -0.165. The molecule has 0 aliphatic rings. The number of aromatic nitrogens is 2. The Morgan fingerprint density at radius 1 is 1.29 bits per heavy atom. The van der Waals surface area contributed by atoms with Gasteiger partial charge in [0.05, 0.1) is 0 Å². The smallest absolute Gasteiger partial charge is 0.327 e. The molecule has 88 valence electrons. The minimum absolute atomic E-state index is 0.165. The third kappa shape index (κ3) is 2.93. The normalized spacial score (nSPS) is 10.2. The fourth-order valence-corrected chi connectivity index (χ4v) is 1.54. The second-order valence-electron chi connectivity index (χ2n) is 3.80. The summed E-state index contributed by atoms with van der Waals surface area (Å²) in [5.41, 5.74) is 2.39. The van der Waals surface area contributed by atoms with Crippen molar-refractivity contribution in [2.75, 3.05) is 0 Å². The molecule has 0 radical (unpaired) electrons. The van der Waals surface area contributed by atoms with Crippen molar-refractivity contribution >= 4 is 6.03 Å². The van der Waals surface area contributed by atoms with Gasteiger partial charge in [-0.25, -0.2) is 9.78 Å².